The fourth-order valence-electron chi connectivity index (χ4n) is 2.46. The number of aliphatic hydroxyl groups excluding tert-OH is 1. The number of amides is 1. The Morgan fingerprint density at radius 2 is 2.33 bits per heavy atom. The summed E-state index contributed by atoms with van der Waals surface area (Å²) in [4.78, 5) is 14.1. The summed E-state index contributed by atoms with van der Waals surface area (Å²) in [5, 5.41) is 12.7. The fourth-order valence-corrected chi connectivity index (χ4v) is 2.46. The number of nitrogens with two attached hydrogens (primary N) is 1. The number of likely N-dealkylation sites (tertiary alicyclic amines) is 1. The largest absolute Gasteiger partial charge is 0.494 e. The molecule has 2 unspecified atom stereocenters. The predicted octanol–water partition coefficient (Wildman–Crippen LogP) is 0.919. The predicted molar refractivity (Wildman–Crippen MR) is 82.3 cm³/mol. The second-order valence-electron chi connectivity index (χ2n) is 5.58. The summed E-state index contributed by atoms with van der Waals surface area (Å²) < 4.78 is 5.20. The highest BCUT2D eigenvalue weighted by atomic mass is 16.5. The van der Waals surface area contributed by atoms with Crippen molar-refractivity contribution in [3.8, 4) is 5.75 Å². The fraction of sp³-hybridized carbons (Fsp3) is 0.533. The van der Waals surface area contributed by atoms with Gasteiger partial charge in [-0.25, -0.2) is 0 Å². The van der Waals surface area contributed by atoms with E-state index in [0.717, 1.165) is 13.0 Å². The molecular weight excluding hydrogens is 270 g/mol. The van der Waals surface area contributed by atoms with Crippen molar-refractivity contribution in [2.45, 2.75) is 19.4 Å². The quantitative estimate of drug-likeness (QED) is 0.718. The SMILES string of the molecule is COc1cc(N)ccc1NC(=O)CN1CCC(C)C(O)C1. The molecule has 0 aliphatic carbocycles. The topological polar surface area (TPSA) is 87.8 Å². The van der Waals surface area contributed by atoms with Crippen molar-refractivity contribution >= 4 is 17.3 Å². The van der Waals surface area contributed by atoms with Crippen LogP contribution in [0.5, 0.6) is 5.75 Å². The van der Waals surface area contributed by atoms with Crippen LogP contribution in [0.1, 0.15) is 13.3 Å². The molecule has 1 aliphatic heterocycles. The van der Waals surface area contributed by atoms with Crippen molar-refractivity contribution in [1.29, 1.82) is 0 Å². The minimum atomic E-state index is -0.363. The van der Waals surface area contributed by atoms with Crippen LogP contribution < -0.4 is 15.8 Å². The van der Waals surface area contributed by atoms with Crippen LogP contribution in [0.15, 0.2) is 18.2 Å². The number of hydrogen-bond acceptors (Lipinski definition) is 5. The average molecular weight is 293 g/mol. The van der Waals surface area contributed by atoms with E-state index in [-0.39, 0.29) is 18.6 Å². The Kier molecular flexibility index (Phi) is 5.03. The summed E-state index contributed by atoms with van der Waals surface area (Å²) in [5.41, 5.74) is 6.86. The molecule has 4 N–H and O–H groups in total. The Labute approximate surface area is 124 Å². The lowest BCUT2D eigenvalue weighted by molar-refractivity contribution is -0.118. The third-order valence-electron chi connectivity index (χ3n) is 3.87. The van der Waals surface area contributed by atoms with E-state index in [0.29, 0.717) is 29.6 Å². The van der Waals surface area contributed by atoms with Crippen LogP contribution in [0.4, 0.5) is 11.4 Å². The first kappa shape index (κ1) is 15.6. The van der Waals surface area contributed by atoms with Gasteiger partial charge in [0.1, 0.15) is 5.75 Å². The highest BCUT2D eigenvalue weighted by Gasteiger charge is 2.25. The molecule has 1 saturated heterocycles. The number of anilines is 2. The second-order valence-corrected chi connectivity index (χ2v) is 5.58. The van der Waals surface area contributed by atoms with Gasteiger partial charge in [0.15, 0.2) is 0 Å². The molecular formula is C15H23N3O3. The van der Waals surface area contributed by atoms with Crippen LogP contribution in [0.3, 0.4) is 0 Å². The summed E-state index contributed by atoms with van der Waals surface area (Å²) in [6.07, 6.45) is 0.539. The van der Waals surface area contributed by atoms with E-state index >= 15 is 0 Å². The smallest absolute Gasteiger partial charge is 0.238 e. The number of methoxy groups -OCH3 is 1. The Hall–Kier alpha value is -1.79. The molecule has 0 spiro atoms. The number of nitrogen functional groups attached to an aromatic ring is 1. The zero-order valence-corrected chi connectivity index (χ0v) is 12.5. The van der Waals surface area contributed by atoms with E-state index in [1.807, 2.05) is 11.8 Å². The standard InChI is InChI=1S/C15H23N3O3/c1-10-5-6-18(8-13(10)19)9-15(20)17-12-4-3-11(16)7-14(12)21-2/h3-4,7,10,13,19H,5-6,8-9,16H2,1-2H3,(H,17,20). The number of rotatable bonds is 4. The zero-order chi connectivity index (χ0) is 15.4. The molecule has 6 heteroatoms. The summed E-state index contributed by atoms with van der Waals surface area (Å²) in [7, 11) is 1.53. The Balaban J connectivity index is 1.93. The molecule has 116 valence electrons. The second kappa shape index (κ2) is 6.78. The van der Waals surface area contributed by atoms with Crippen molar-refractivity contribution in [2.24, 2.45) is 5.92 Å². The van der Waals surface area contributed by atoms with Gasteiger partial charge < -0.3 is 20.9 Å². The van der Waals surface area contributed by atoms with Gasteiger partial charge in [0, 0.05) is 18.3 Å². The molecule has 1 aromatic rings. The van der Waals surface area contributed by atoms with Gasteiger partial charge in [0.2, 0.25) is 5.91 Å². The molecule has 6 nitrogen and oxygen atoms in total. The zero-order valence-electron chi connectivity index (χ0n) is 12.5. The van der Waals surface area contributed by atoms with E-state index in [2.05, 4.69) is 5.32 Å². The third kappa shape index (κ3) is 4.09. The number of piperidine rings is 1. The van der Waals surface area contributed by atoms with Crippen molar-refractivity contribution in [1.82, 2.24) is 4.90 Å². The molecule has 0 aromatic heterocycles. The van der Waals surface area contributed by atoms with Crippen molar-refractivity contribution in [2.75, 3.05) is 37.8 Å². The summed E-state index contributed by atoms with van der Waals surface area (Å²) in [5.74, 6) is 0.706. The molecule has 2 rings (SSSR count). The molecule has 2 atom stereocenters. The number of β-amino-alcohol motifs (C(OH)–C–C–N with tert-alkyl or cyclic N) is 1. The van der Waals surface area contributed by atoms with E-state index in [1.54, 1.807) is 18.2 Å². The number of nitrogens with one attached hydrogen (secondary N) is 1. The molecule has 1 amide bonds. The number of aliphatic hydroxyl groups is 1. The van der Waals surface area contributed by atoms with Crippen LogP contribution in [-0.2, 0) is 4.79 Å². The molecule has 0 saturated carbocycles. The van der Waals surface area contributed by atoms with Crippen molar-refractivity contribution in [3.05, 3.63) is 18.2 Å². The minimum absolute atomic E-state index is 0.125. The number of carbonyl (C=O) groups is 1. The van der Waals surface area contributed by atoms with Gasteiger partial charge in [-0.05, 0) is 31.0 Å². The highest BCUT2D eigenvalue weighted by Crippen LogP contribution is 2.26. The van der Waals surface area contributed by atoms with E-state index in [9.17, 15) is 9.90 Å². The number of ether oxygens (including phenoxy) is 1. The Bertz CT molecular complexity index is 507. The van der Waals surface area contributed by atoms with Crippen molar-refractivity contribution < 1.29 is 14.6 Å². The van der Waals surface area contributed by atoms with E-state index in [1.165, 1.54) is 7.11 Å². The maximum absolute atomic E-state index is 12.1. The van der Waals surface area contributed by atoms with Gasteiger partial charge in [-0.1, -0.05) is 6.92 Å². The summed E-state index contributed by atoms with van der Waals surface area (Å²) in [6, 6.07) is 5.10. The van der Waals surface area contributed by atoms with Gasteiger partial charge in [0.05, 0.1) is 25.4 Å². The first-order valence-electron chi connectivity index (χ1n) is 7.13. The lowest BCUT2D eigenvalue weighted by Crippen LogP contribution is -2.45. The van der Waals surface area contributed by atoms with Crippen LogP contribution in [0, 0.1) is 5.92 Å². The third-order valence-corrected chi connectivity index (χ3v) is 3.87. The normalized spacial score (nSPS) is 22.8. The highest BCUT2D eigenvalue weighted by molar-refractivity contribution is 5.94. The monoisotopic (exact) mass is 293 g/mol. The van der Waals surface area contributed by atoms with Gasteiger partial charge in [-0.15, -0.1) is 0 Å². The van der Waals surface area contributed by atoms with Crippen LogP contribution in [0.25, 0.3) is 0 Å². The molecule has 0 bridgehead atoms. The summed E-state index contributed by atoms with van der Waals surface area (Å²) >= 11 is 0. The van der Waals surface area contributed by atoms with Crippen LogP contribution in [-0.4, -0.2) is 48.8 Å². The lowest BCUT2D eigenvalue weighted by atomic mass is 9.96. The maximum Gasteiger partial charge on any atom is 0.238 e. The first-order valence-corrected chi connectivity index (χ1v) is 7.13. The Morgan fingerprint density at radius 1 is 1.57 bits per heavy atom. The van der Waals surface area contributed by atoms with E-state index in [4.69, 9.17) is 10.5 Å². The van der Waals surface area contributed by atoms with E-state index < -0.39 is 0 Å². The van der Waals surface area contributed by atoms with Gasteiger partial charge in [0.25, 0.3) is 0 Å². The van der Waals surface area contributed by atoms with Gasteiger partial charge >= 0.3 is 0 Å². The molecule has 1 heterocycles. The van der Waals surface area contributed by atoms with Crippen LogP contribution >= 0.6 is 0 Å². The molecule has 0 radical (unpaired) electrons. The first-order chi connectivity index (χ1) is 9.99. The summed E-state index contributed by atoms with van der Waals surface area (Å²) in [6.45, 7) is 3.65. The Morgan fingerprint density at radius 3 is 3.00 bits per heavy atom. The number of hydrogen-bond donors (Lipinski definition) is 3. The molecule has 1 aliphatic rings. The number of benzene rings is 1. The maximum atomic E-state index is 12.1. The number of nitrogens with zero attached hydrogens (tertiary/aromatic N) is 1. The minimum Gasteiger partial charge on any atom is -0.494 e. The molecule has 1 aromatic carbocycles. The van der Waals surface area contributed by atoms with Crippen molar-refractivity contribution in [3.63, 3.8) is 0 Å². The molecule has 1 fully saturated rings. The average Bonchev–Trinajstić information content (AvgIpc) is 2.44. The van der Waals surface area contributed by atoms with Gasteiger partial charge in [-0.3, -0.25) is 9.69 Å². The van der Waals surface area contributed by atoms with Crippen LogP contribution in [0.2, 0.25) is 0 Å². The lowest BCUT2D eigenvalue weighted by Gasteiger charge is -2.33. The number of carbonyl (C=O) groups excluding carboxylic acids is 1. The molecule has 21 heavy (non-hydrogen) atoms. The van der Waals surface area contributed by atoms with Gasteiger partial charge in [-0.2, -0.15) is 0 Å².